The van der Waals surface area contributed by atoms with E-state index in [1.54, 1.807) is 0 Å². The fourth-order valence-electron chi connectivity index (χ4n) is 1.65. The van der Waals surface area contributed by atoms with Gasteiger partial charge in [0.1, 0.15) is 5.82 Å². The highest BCUT2D eigenvalue weighted by Gasteiger charge is 2.16. The number of aromatic nitrogens is 2. The summed E-state index contributed by atoms with van der Waals surface area (Å²) in [6, 6.07) is 0.384. The van der Waals surface area contributed by atoms with Crippen LogP contribution in [-0.2, 0) is 0 Å². The van der Waals surface area contributed by atoms with Crippen LogP contribution < -0.4 is 5.32 Å². The van der Waals surface area contributed by atoms with Gasteiger partial charge in [-0.1, -0.05) is 6.42 Å². The van der Waals surface area contributed by atoms with Crippen LogP contribution in [0.2, 0.25) is 0 Å². The average molecular weight is 177 g/mol. The monoisotopic (exact) mass is 177 g/mol. The molecule has 1 saturated heterocycles. The van der Waals surface area contributed by atoms with Gasteiger partial charge in [-0.25, -0.2) is 9.97 Å². The Hall–Kier alpha value is -0.960. The van der Waals surface area contributed by atoms with Gasteiger partial charge < -0.3 is 5.32 Å². The molecule has 1 aliphatic heterocycles. The molecule has 70 valence electrons. The first kappa shape index (κ1) is 8.63. The first-order valence-corrected chi connectivity index (χ1v) is 4.88. The second kappa shape index (κ2) is 3.83. The molecular weight excluding hydrogens is 162 g/mol. The average Bonchev–Trinajstić information content (AvgIpc) is 2.20. The highest BCUT2D eigenvalue weighted by atomic mass is 15.0. The van der Waals surface area contributed by atoms with Gasteiger partial charge in [0.15, 0.2) is 0 Å². The number of aryl methyl sites for hydroxylation is 1. The highest BCUT2D eigenvalue weighted by molar-refractivity contribution is 5.04. The molecule has 1 aromatic heterocycles. The van der Waals surface area contributed by atoms with E-state index in [0.717, 1.165) is 17.9 Å². The summed E-state index contributed by atoms with van der Waals surface area (Å²) in [6.07, 6.45) is 7.51. The summed E-state index contributed by atoms with van der Waals surface area (Å²) in [5, 5.41) is 3.43. The molecule has 3 heteroatoms. The minimum atomic E-state index is 0.384. The fraction of sp³-hybridized carbons (Fsp3) is 0.600. The van der Waals surface area contributed by atoms with Crippen LogP contribution in [0.5, 0.6) is 0 Å². The van der Waals surface area contributed by atoms with Gasteiger partial charge in [0, 0.05) is 12.4 Å². The van der Waals surface area contributed by atoms with Crippen LogP contribution in [0, 0.1) is 6.92 Å². The second-order valence-corrected chi connectivity index (χ2v) is 3.62. The van der Waals surface area contributed by atoms with E-state index in [2.05, 4.69) is 15.3 Å². The largest absolute Gasteiger partial charge is 0.307 e. The van der Waals surface area contributed by atoms with Gasteiger partial charge in [0.25, 0.3) is 0 Å². The third kappa shape index (κ3) is 2.04. The standard InChI is InChI=1S/C10H15N3/c1-8-6-12-10(13-7-8)9-4-2-3-5-11-9/h6-7,9,11H,2-5H2,1H3. The molecule has 3 nitrogen and oxygen atoms in total. The van der Waals surface area contributed by atoms with Gasteiger partial charge in [-0.3, -0.25) is 0 Å². The van der Waals surface area contributed by atoms with Crippen molar-refractivity contribution in [2.45, 2.75) is 32.2 Å². The van der Waals surface area contributed by atoms with E-state index in [-0.39, 0.29) is 0 Å². The minimum absolute atomic E-state index is 0.384. The van der Waals surface area contributed by atoms with Crippen molar-refractivity contribution in [3.05, 3.63) is 23.8 Å². The Morgan fingerprint density at radius 2 is 2.08 bits per heavy atom. The zero-order valence-electron chi connectivity index (χ0n) is 7.95. The van der Waals surface area contributed by atoms with Crippen LogP contribution in [-0.4, -0.2) is 16.5 Å². The lowest BCUT2D eigenvalue weighted by molar-refractivity contribution is 0.397. The van der Waals surface area contributed by atoms with Crippen molar-refractivity contribution < 1.29 is 0 Å². The van der Waals surface area contributed by atoms with E-state index in [4.69, 9.17) is 0 Å². The molecule has 1 N–H and O–H groups in total. The maximum atomic E-state index is 4.33. The zero-order valence-corrected chi connectivity index (χ0v) is 7.95. The maximum Gasteiger partial charge on any atom is 0.145 e. The Bertz CT molecular complexity index is 262. The van der Waals surface area contributed by atoms with Crippen molar-refractivity contribution in [2.24, 2.45) is 0 Å². The summed E-state index contributed by atoms with van der Waals surface area (Å²) in [7, 11) is 0. The summed E-state index contributed by atoms with van der Waals surface area (Å²) in [5.74, 6) is 0.949. The molecule has 0 aliphatic carbocycles. The first-order chi connectivity index (χ1) is 6.36. The van der Waals surface area contributed by atoms with E-state index < -0.39 is 0 Å². The molecule has 2 heterocycles. The van der Waals surface area contributed by atoms with Crippen LogP contribution in [0.25, 0.3) is 0 Å². The number of piperidine rings is 1. The molecule has 13 heavy (non-hydrogen) atoms. The molecule has 2 rings (SSSR count). The fourth-order valence-corrected chi connectivity index (χ4v) is 1.65. The number of rotatable bonds is 1. The molecule has 0 aromatic carbocycles. The molecule has 1 aromatic rings. The quantitative estimate of drug-likeness (QED) is 0.708. The molecule has 1 atom stereocenters. The molecule has 0 spiro atoms. The predicted molar refractivity (Wildman–Crippen MR) is 51.4 cm³/mol. The minimum Gasteiger partial charge on any atom is -0.307 e. The third-order valence-corrected chi connectivity index (χ3v) is 2.42. The predicted octanol–water partition coefficient (Wildman–Crippen LogP) is 1.60. The number of nitrogens with one attached hydrogen (secondary N) is 1. The Labute approximate surface area is 78.6 Å². The van der Waals surface area contributed by atoms with Gasteiger partial charge in [-0.05, 0) is 31.9 Å². The van der Waals surface area contributed by atoms with Crippen molar-refractivity contribution in [1.82, 2.24) is 15.3 Å². The third-order valence-electron chi connectivity index (χ3n) is 2.42. The maximum absolute atomic E-state index is 4.33. The molecule has 0 radical (unpaired) electrons. The zero-order chi connectivity index (χ0) is 9.10. The van der Waals surface area contributed by atoms with Crippen LogP contribution >= 0.6 is 0 Å². The van der Waals surface area contributed by atoms with Crippen molar-refractivity contribution in [1.29, 1.82) is 0 Å². The van der Waals surface area contributed by atoms with Crippen LogP contribution in [0.3, 0.4) is 0 Å². The second-order valence-electron chi connectivity index (χ2n) is 3.62. The Balaban J connectivity index is 2.10. The molecule has 0 saturated carbocycles. The summed E-state index contributed by atoms with van der Waals surface area (Å²) >= 11 is 0. The van der Waals surface area contributed by atoms with Gasteiger partial charge in [0.2, 0.25) is 0 Å². The summed E-state index contributed by atoms with van der Waals surface area (Å²) in [4.78, 5) is 8.66. The lowest BCUT2D eigenvalue weighted by Crippen LogP contribution is -2.28. The Morgan fingerprint density at radius 3 is 2.69 bits per heavy atom. The van der Waals surface area contributed by atoms with Crippen molar-refractivity contribution in [3.8, 4) is 0 Å². The molecule has 1 unspecified atom stereocenters. The van der Waals surface area contributed by atoms with E-state index in [0.29, 0.717) is 6.04 Å². The lowest BCUT2D eigenvalue weighted by Gasteiger charge is -2.21. The van der Waals surface area contributed by atoms with Crippen LogP contribution in [0.15, 0.2) is 12.4 Å². The van der Waals surface area contributed by atoms with Gasteiger partial charge in [-0.15, -0.1) is 0 Å². The molecule has 1 aliphatic rings. The van der Waals surface area contributed by atoms with Gasteiger partial charge >= 0.3 is 0 Å². The van der Waals surface area contributed by atoms with E-state index in [9.17, 15) is 0 Å². The number of hydrogen-bond acceptors (Lipinski definition) is 3. The number of hydrogen-bond donors (Lipinski definition) is 1. The lowest BCUT2D eigenvalue weighted by atomic mass is 10.0. The Kier molecular flexibility index (Phi) is 2.54. The normalized spacial score (nSPS) is 23.0. The number of nitrogens with zero attached hydrogens (tertiary/aromatic N) is 2. The molecule has 0 bridgehead atoms. The Morgan fingerprint density at radius 1 is 1.31 bits per heavy atom. The summed E-state index contributed by atoms with van der Waals surface area (Å²) in [6.45, 7) is 3.11. The van der Waals surface area contributed by atoms with Crippen molar-refractivity contribution in [2.75, 3.05) is 6.54 Å². The molecular formula is C10H15N3. The van der Waals surface area contributed by atoms with Gasteiger partial charge in [0.05, 0.1) is 6.04 Å². The first-order valence-electron chi connectivity index (χ1n) is 4.88. The van der Waals surface area contributed by atoms with Crippen LogP contribution in [0.4, 0.5) is 0 Å². The van der Waals surface area contributed by atoms with E-state index in [1.807, 2.05) is 19.3 Å². The SMILES string of the molecule is Cc1cnc(C2CCCCN2)nc1. The molecule has 0 amide bonds. The van der Waals surface area contributed by atoms with E-state index >= 15 is 0 Å². The topological polar surface area (TPSA) is 37.8 Å². The van der Waals surface area contributed by atoms with Crippen LogP contribution in [0.1, 0.15) is 36.7 Å². The van der Waals surface area contributed by atoms with Crippen molar-refractivity contribution >= 4 is 0 Å². The van der Waals surface area contributed by atoms with Gasteiger partial charge in [-0.2, -0.15) is 0 Å². The summed E-state index contributed by atoms with van der Waals surface area (Å²) in [5.41, 5.74) is 1.12. The van der Waals surface area contributed by atoms with E-state index in [1.165, 1.54) is 19.3 Å². The highest BCUT2D eigenvalue weighted by Crippen LogP contribution is 2.19. The smallest absolute Gasteiger partial charge is 0.145 e. The van der Waals surface area contributed by atoms with Crippen molar-refractivity contribution in [3.63, 3.8) is 0 Å². The molecule has 1 fully saturated rings. The summed E-state index contributed by atoms with van der Waals surface area (Å²) < 4.78 is 0.